The van der Waals surface area contributed by atoms with Crippen LogP contribution in [-0.4, -0.2) is 9.13 Å². The van der Waals surface area contributed by atoms with Crippen LogP contribution in [0.4, 0.5) is 0 Å². The molecule has 0 spiro atoms. The average molecular weight is 776 g/mol. The molecule has 0 bridgehead atoms. The number of aromatic nitrogens is 2. The molecule has 13 aromatic rings. The smallest absolute Gasteiger partial charge is 0.143 e. The number of furan rings is 1. The Labute approximate surface area is 363 Å². The van der Waals surface area contributed by atoms with E-state index in [1.807, 2.05) is 78.9 Å². The van der Waals surface area contributed by atoms with Gasteiger partial charge in [-0.1, -0.05) is 121 Å². The molecule has 0 atom stereocenters. The van der Waals surface area contributed by atoms with Crippen molar-refractivity contribution in [1.29, 1.82) is 0 Å². The van der Waals surface area contributed by atoms with Gasteiger partial charge in [0, 0.05) is 75.0 Å². The van der Waals surface area contributed by atoms with Crippen molar-refractivity contribution in [2.75, 3.05) is 0 Å². The molecule has 0 unspecified atom stereocenters. The van der Waals surface area contributed by atoms with Gasteiger partial charge in [-0.3, -0.25) is 0 Å². The lowest BCUT2D eigenvalue weighted by Crippen LogP contribution is -1.95. The van der Waals surface area contributed by atoms with E-state index in [0.29, 0.717) is 28.0 Å². The van der Waals surface area contributed by atoms with Crippen LogP contribution in [0.15, 0.2) is 198 Å². The monoisotopic (exact) mass is 775 g/mol. The standard InChI is InChI=1S/C54H32N2OS/c1-2-13-35(14-3-1)55-47-21-8-4-15-37(47)43-29-33(25-27-49(43)55)34-26-28-50-44(30-34)38-16-5-9-22-48(38)56(50)36-31-45-40-18-7-11-24-52(40)58-54(45)46(32-36)42-20-12-19-41-39-17-6-10-23-51(39)57-53(41)42/h1-32H/i1D,2D,3D,4D,5D,8D,9D,13D,14D,15D,16D,21D,22D,25D,26D,27D,28D,29D,30D. The van der Waals surface area contributed by atoms with Crippen LogP contribution in [0.2, 0.25) is 0 Å². The van der Waals surface area contributed by atoms with Gasteiger partial charge in [0.15, 0.2) is 0 Å². The summed E-state index contributed by atoms with van der Waals surface area (Å²) in [4.78, 5) is 0. The lowest BCUT2D eigenvalue weighted by Gasteiger charge is -2.13. The zero-order valence-corrected chi connectivity index (χ0v) is 30.5. The Morgan fingerprint density at radius 1 is 0.431 bits per heavy atom. The molecule has 0 aliphatic heterocycles. The molecule has 0 radical (unpaired) electrons. The summed E-state index contributed by atoms with van der Waals surface area (Å²) in [5.41, 5.74) is -0.259. The number of nitrogens with zero attached hydrogens (tertiary/aromatic N) is 2. The second-order valence-electron chi connectivity index (χ2n) is 13.8. The van der Waals surface area contributed by atoms with Crippen molar-refractivity contribution in [2.24, 2.45) is 0 Å². The summed E-state index contributed by atoms with van der Waals surface area (Å²) in [6.45, 7) is 0. The molecule has 3 nitrogen and oxygen atoms in total. The van der Waals surface area contributed by atoms with Gasteiger partial charge in [-0.25, -0.2) is 0 Å². The van der Waals surface area contributed by atoms with Crippen molar-refractivity contribution in [1.82, 2.24) is 9.13 Å². The second kappa shape index (κ2) is 12.1. The minimum absolute atomic E-state index is 0.150. The van der Waals surface area contributed by atoms with Gasteiger partial charge < -0.3 is 13.6 Å². The molecule has 0 aliphatic rings. The van der Waals surface area contributed by atoms with E-state index in [1.54, 1.807) is 0 Å². The van der Waals surface area contributed by atoms with Crippen molar-refractivity contribution < 1.29 is 30.5 Å². The van der Waals surface area contributed by atoms with E-state index >= 15 is 0 Å². The van der Waals surface area contributed by atoms with Crippen molar-refractivity contribution in [3.8, 4) is 33.6 Å². The molecule has 58 heavy (non-hydrogen) atoms. The third-order valence-corrected chi connectivity index (χ3v) is 11.9. The summed E-state index contributed by atoms with van der Waals surface area (Å²) in [5, 5.41) is 1.98. The van der Waals surface area contributed by atoms with Gasteiger partial charge in [-0.05, 0) is 83.7 Å². The van der Waals surface area contributed by atoms with Crippen molar-refractivity contribution in [3.05, 3.63) is 194 Å². The van der Waals surface area contributed by atoms with Gasteiger partial charge in [0.2, 0.25) is 0 Å². The highest BCUT2D eigenvalue weighted by molar-refractivity contribution is 7.26. The fourth-order valence-electron chi connectivity index (χ4n) is 8.22. The predicted molar refractivity (Wildman–Crippen MR) is 246 cm³/mol. The molecule has 0 aliphatic carbocycles. The van der Waals surface area contributed by atoms with Crippen LogP contribution < -0.4 is 0 Å². The fraction of sp³-hybridized carbons (Fsp3) is 0. The topological polar surface area (TPSA) is 23.0 Å². The third kappa shape index (κ3) is 4.49. The normalized spacial score (nSPS) is 16.7. The van der Waals surface area contributed by atoms with Gasteiger partial charge >= 0.3 is 0 Å². The molecule has 13 rings (SSSR count). The van der Waals surface area contributed by atoms with Crippen LogP contribution in [0.25, 0.3) is 119 Å². The molecule has 0 N–H and O–H groups in total. The van der Waals surface area contributed by atoms with Gasteiger partial charge in [-0.15, -0.1) is 11.3 Å². The second-order valence-corrected chi connectivity index (χ2v) is 14.8. The number of thiophene rings is 1. The minimum Gasteiger partial charge on any atom is -0.455 e. The molecule has 4 heterocycles. The van der Waals surface area contributed by atoms with Crippen LogP contribution in [0.5, 0.6) is 0 Å². The highest BCUT2D eigenvalue weighted by Gasteiger charge is 2.21. The summed E-state index contributed by atoms with van der Waals surface area (Å²) < 4.78 is 185. The van der Waals surface area contributed by atoms with E-state index in [-0.39, 0.29) is 21.8 Å². The molecule has 9 aromatic carbocycles. The Balaban J connectivity index is 1.18. The van der Waals surface area contributed by atoms with E-state index in [9.17, 15) is 11.0 Å². The van der Waals surface area contributed by atoms with Gasteiger partial charge in [-0.2, -0.15) is 0 Å². The number of hydrogen-bond donors (Lipinski definition) is 0. The molecule has 0 saturated carbocycles. The van der Waals surface area contributed by atoms with E-state index in [0.717, 1.165) is 35.5 Å². The van der Waals surface area contributed by atoms with Crippen molar-refractivity contribution >= 4 is 97.1 Å². The average Bonchev–Trinajstić information content (AvgIpc) is 4.42. The van der Waals surface area contributed by atoms with Crippen LogP contribution in [0, 0.1) is 0 Å². The predicted octanol–water partition coefficient (Wildman–Crippen LogP) is 15.5. The van der Waals surface area contributed by atoms with Crippen molar-refractivity contribution in [2.45, 2.75) is 0 Å². The molecule has 4 aromatic heterocycles. The zero-order valence-electron chi connectivity index (χ0n) is 48.7. The first kappa shape index (κ1) is 18.7. The minimum atomic E-state index is -0.861. The van der Waals surface area contributed by atoms with Crippen LogP contribution in [0.1, 0.15) is 26.0 Å². The van der Waals surface area contributed by atoms with Gasteiger partial charge in [0.05, 0.1) is 48.1 Å². The molecular weight excluding hydrogens is 725 g/mol. The Kier molecular flexibility index (Phi) is 3.88. The maximum Gasteiger partial charge on any atom is 0.143 e. The first-order chi connectivity index (χ1) is 36.7. The quantitative estimate of drug-likeness (QED) is 0.175. The fourth-order valence-corrected chi connectivity index (χ4v) is 9.43. The van der Waals surface area contributed by atoms with E-state index in [2.05, 4.69) is 0 Å². The number of fused-ring (bicyclic) bond motifs is 12. The van der Waals surface area contributed by atoms with Crippen molar-refractivity contribution in [3.63, 3.8) is 0 Å². The van der Waals surface area contributed by atoms with Gasteiger partial charge in [0.1, 0.15) is 11.2 Å². The molecule has 4 heteroatoms. The lowest BCUT2D eigenvalue weighted by molar-refractivity contribution is 0.670. The summed E-state index contributed by atoms with van der Waals surface area (Å²) in [5.74, 6) is 0. The summed E-state index contributed by atoms with van der Waals surface area (Å²) in [7, 11) is 0. The van der Waals surface area contributed by atoms with Gasteiger partial charge in [0.25, 0.3) is 0 Å². The molecule has 270 valence electrons. The maximum atomic E-state index is 10.1. The summed E-state index contributed by atoms with van der Waals surface area (Å²) >= 11 is 1.53. The highest BCUT2D eigenvalue weighted by Crippen LogP contribution is 2.46. The highest BCUT2D eigenvalue weighted by atomic mass is 32.1. The van der Waals surface area contributed by atoms with E-state index in [1.165, 1.54) is 15.9 Å². The molecule has 0 fully saturated rings. The number of para-hydroxylation sites is 5. The molecular formula is C54H32N2OS. The zero-order chi connectivity index (χ0) is 54.4. The Morgan fingerprint density at radius 2 is 1.03 bits per heavy atom. The molecule has 0 saturated heterocycles. The number of hydrogen-bond acceptors (Lipinski definition) is 2. The largest absolute Gasteiger partial charge is 0.455 e. The summed E-state index contributed by atoms with van der Waals surface area (Å²) in [6, 6.07) is 10.7. The first-order valence-corrected chi connectivity index (χ1v) is 19.0. The SMILES string of the molecule is [2H]c1c([2H])c([2H])c(-n2c3c([2H])c([2H])c([2H])c([2H])c3c3c([2H])c(-c4c([2H])c([2H])c5c(c4[2H])c4c([2H])c([2H])c([2H])c([2H])c4n5-c4cc(-c5cccc6c5oc5ccccc56)c5sc6ccccc6c5c4)c([2H])c([2H])c32)c([2H])c1[2H]. The van der Waals surface area contributed by atoms with Crippen LogP contribution in [-0.2, 0) is 0 Å². The number of rotatable bonds is 4. The third-order valence-electron chi connectivity index (χ3n) is 10.7. The number of benzene rings is 9. The lowest BCUT2D eigenvalue weighted by atomic mass is 9.99. The summed E-state index contributed by atoms with van der Waals surface area (Å²) in [6.07, 6.45) is 0. The Morgan fingerprint density at radius 3 is 1.78 bits per heavy atom. The van der Waals surface area contributed by atoms with Crippen LogP contribution >= 0.6 is 11.3 Å². The van der Waals surface area contributed by atoms with Crippen LogP contribution in [0.3, 0.4) is 0 Å². The Bertz CT molecular complexity index is 4910. The Hall–Kier alpha value is -7.40. The van der Waals surface area contributed by atoms with E-state index in [4.69, 9.17) is 19.5 Å². The first-order valence-electron chi connectivity index (χ1n) is 27.7. The molecule has 0 amide bonds. The van der Waals surface area contributed by atoms with E-state index < -0.39 is 153 Å². The maximum absolute atomic E-state index is 10.1.